The van der Waals surface area contributed by atoms with Crippen LogP contribution in [0.2, 0.25) is 0 Å². The third-order valence-corrected chi connectivity index (χ3v) is 10.4. The van der Waals surface area contributed by atoms with Gasteiger partial charge in [0.15, 0.2) is 0 Å². The fraction of sp³-hybridized carbons (Fsp3) is 0.0769. The molecule has 0 amide bonds. The Bertz CT molecular complexity index is 1180. The lowest BCUT2D eigenvalue weighted by Gasteiger charge is -2.22. The molecule has 154 valence electrons. The van der Waals surface area contributed by atoms with Crippen LogP contribution in [0.5, 0.6) is 0 Å². The van der Waals surface area contributed by atoms with Gasteiger partial charge in [0.25, 0.3) is 0 Å². The molecule has 0 aliphatic carbocycles. The van der Waals surface area contributed by atoms with E-state index in [-0.39, 0.29) is 0 Å². The van der Waals surface area contributed by atoms with Gasteiger partial charge in [-0.05, 0) is 62.4 Å². The predicted octanol–water partition coefficient (Wildman–Crippen LogP) is 8.24. The lowest BCUT2D eigenvalue weighted by molar-refractivity contribution is 0.675. The molecule has 0 aromatic heterocycles. The molecule has 0 saturated carbocycles. The van der Waals surface area contributed by atoms with E-state index >= 15 is 0 Å². The van der Waals surface area contributed by atoms with Crippen molar-refractivity contribution in [3.63, 3.8) is 0 Å². The van der Waals surface area contributed by atoms with Crippen LogP contribution in [0, 0.1) is 13.8 Å². The normalized spacial score (nSPS) is 13.0. The monoisotopic (exact) mass is 476 g/mol. The molecule has 4 aromatic carbocycles. The van der Waals surface area contributed by atoms with Crippen molar-refractivity contribution in [1.29, 1.82) is 0 Å². The molecule has 0 radical (unpaired) electrons. The zero-order chi connectivity index (χ0) is 21.4. The summed E-state index contributed by atoms with van der Waals surface area (Å²) in [4.78, 5) is 8.48. The number of hydrogen-bond donors (Lipinski definition) is 0. The molecule has 5 heteroatoms. The fourth-order valence-corrected chi connectivity index (χ4v) is 8.80. The topological polar surface area (TPSA) is 17.1 Å². The van der Waals surface area contributed by atoms with Crippen molar-refractivity contribution in [2.45, 2.75) is 53.0 Å². The average Bonchev–Trinajstić information content (AvgIpc) is 2.77. The highest BCUT2D eigenvalue weighted by atomic mass is 32.2. The molecule has 1 aliphatic heterocycles. The van der Waals surface area contributed by atoms with Crippen molar-refractivity contribution >= 4 is 46.1 Å². The summed E-state index contributed by atoms with van der Waals surface area (Å²) in [5, 5.41) is 0. The van der Waals surface area contributed by atoms with Gasteiger partial charge in [0.05, 0.1) is 20.6 Å². The quantitative estimate of drug-likeness (QED) is 0.260. The number of fused-ring (bicyclic) bond motifs is 2. The maximum absolute atomic E-state index is 13.9. The van der Waals surface area contributed by atoms with E-state index < -0.39 is 10.8 Å². The first-order valence-corrected chi connectivity index (χ1v) is 13.5. The molecule has 0 bridgehead atoms. The van der Waals surface area contributed by atoms with Crippen molar-refractivity contribution in [2.75, 3.05) is 0 Å². The Morgan fingerprint density at radius 3 is 1.45 bits per heavy atom. The number of benzene rings is 4. The summed E-state index contributed by atoms with van der Waals surface area (Å²) in [5.74, 6) is 0. The van der Waals surface area contributed by atoms with E-state index in [2.05, 4.69) is 98.8 Å². The Hall–Kier alpha value is -1.92. The summed E-state index contributed by atoms with van der Waals surface area (Å²) in [6, 6.07) is 29.5. The van der Waals surface area contributed by atoms with Crippen molar-refractivity contribution in [3.05, 3.63) is 96.1 Å². The van der Waals surface area contributed by atoms with Gasteiger partial charge < -0.3 is 0 Å². The van der Waals surface area contributed by atoms with Gasteiger partial charge in [-0.2, -0.15) is 0 Å². The van der Waals surface area contributed by atoms with Crippen LogP contribution in [0.1, 0.15) is 11.1 Å². The van der Waals surface area contributed by atoms with Crippen LogP contribution >= 0.6 is 35.3 Å². The molecule has 1 nitrogen and oxygen atoms in total. The van der Waals surface area contributed by atoms with Crippen molar-refractivity contribution in [2.24, 2.45) is 0 Å². The van der Waals surface area contributed by atoms with E-state index in [0.717, 1.165) is 39.2 Å². The first-order chi connectivity index (χ1) is 15.1. The Labute approximate surface area is 198 Å². The van der Waals surface area contributed by atoms with E-state index in [0.29, 0.717) is 0 Å². The summed E-state index contributed by atoms with van der Waals surface area (Å²) in [6.07, 6.45) is 0. The van der Waals surface area contributed by atoms with Crippen LogP contribution in [0.25, 0.3) is 0 Å². The highest BCUT2D eigenvalue weighted by Crippen LogP contribution is 2.50. The van der Waals surface area contributed by atoms with Crippen LogP contribution in [0.3, 0.4) is 0 Å². The van der Waals surface area contributed by atoms with Crippen molar-refractivity contribution in [1.82, 2.24) is 0 Å². The van der Waals surface area contributed by atoms with Gasteiger partial charge in [0.1, 0.15) is 0 Å². The van der Waals surface area contributed by atoms with E-state index in [1.54, 1.807) is 35.3 Å². The Balaban J connectivity index is 1.54. The van der Waals surface area contributed by atoms with Gasteiger partial charge in [-0.3, -0.25) is 0 Å². The molecule has 4 aromatic rings. The zero-order valence-corrected chi connectivity index (χ0v) is 20.4. The van der Waals surface area contributed by atoms with Gasteiger partial charge in [-0.15, -0.1) is 0 Å². The van der Waals surface area contributed by atoms with E-state index in [9.17, 15) is 4.21 Å². The summed E-state index contributed by atoms with van der Waals surface area (Å²) < 4.78 is 13.9. The molecule has 0 unspecified atom stereocenters. The molecule has 0 N–H and O–H groups in total. The number of hydrogen-bond acceptors (Lipinski definition) is 4. The van der Waals surface area contributed by atoms with Gasteiger partial charge >= 0.3 is 0 Å². The highest BCUT2D eigenvalue weighted by molar-refractivity contribution is 8.03. The molecule has 0 saturated heterocycles. The third-order valence-electron chi connectivity index (χ3n) is 4.97. The molecular formula is C26H20OS4. The Morgan fingerprint density at radius 2 is 1.03 bits per heavy atom. The number of aryl methyl sites for hydroxylation is 2. The maximum Gasteiger partial charge on any atom is 0.0895 e. The average molecular weight is 477 g/mol. The Kier molecular flexibility index (Phi) is 6.02. The minimum atomic E-state index is -1.23. The van der Waals surface area contributed by atoms with Crippen LogP contribution in [-0.4, -0.2) is 4.21 Å². The van der Waals surface area contributed by atoms with E-state index in [1.165, 1.54) is 11.1 Å². The molecule has 5 rings (SSSR count). The third kappa shape index (κ3) is 4.37. The molecule has 1 aliphatic rings. The smallest absolute Gasteiger partial charge is 0.0895 e. The van der Waals surface area contributed by atoms with Crippen LogP contribution in [0.15, 0.2) is 124 Å². The molecule has 0 fully saturated rings. The molecule has 0 spiro atoms. The van der Waals surface area contributed by atoms with E-state index in [1.807, 2.05) is 0 Å². The summed E-state index contributed by atoms with van der Waals surface area (Å²) in [5.41, 5.74) is 2.48. The SMILES string of the molecule is Cc1ccc(Sc2cccc3c2S(=O)c2c(Sc4ccc(C)cc4)cccc2S3)cc1. The molecule has 1 heterocycles. The second-order valence-electron chi connectivity index (χ2n) is 7.37. The fourth-order valence-electron chi connectivity index (χ4n) is 3.37. The molecule has 0 atom stereocenters. The summed E-state index contributed by atoms with van der Waals surface area (Å²) in [6.45, 7) is 4.18. The molecule has 31 heavy (non-hydrogen) atoms. The maximum atomic E-state index is 13.9. The van der Waals surface area contributed by atoms with Crippen LogP contribution < -0.4 is 0 Å². The first kappa shape index (κ1) is 21.0. The van der Waals surface area contributed by atoms with Gasteiger partial charge in [-0.1, -0.05) is 82.8 Å². The second-order valence-corrected chi connectivity index (χ2v) is 12.0. The van der Waals surface area contributed by atoms with Gasteiger partial charge in [0.2, 0.25) is 0 Å². The highest BCUT2D eigenvalue weighted by Gasteiger charge is 2.28. The predicted molar refractivity (Wildman–Crippen MR) is 132 cm³/mol. The van der Waals surface area contributed by atoms with Crippen molar-refractivity contribution < 1.29 is 4.21 Å². The Morgan fingerprint density at radius 1 is 0.613 bits per heavy atom. The van der Waals surface area contributed by atoms with Crippen LogP contribution in [-0.2, 0) is 10.8 Å². The second kappa shape index (κ2) is 8.91. The minimum Gasteiger partial charge on any atom is -0.249 e. The van der Waals surface area contributed by atoms with Gasteiger partial charge in [0, 0.05) is 29.4 Å². The molecular weight excluding hydrogens is 457 g/mol. The van der Waals surface area contributed by atoms with Crippen LogP contribution in [0.4, 0.5) is 0 Å². The van der Waals surface area contributed by atoms with Gasteiger partial charge in [-0.25, -0.2) is 4.21 Å². The lowest BCUT2D eigenvalue weighted by Crippen LogP contribution is -2.05. The summed E-state index contributed by atoms with van der Waals surface area (Å²) in [7, 11) is -1.23. The van der Waals surface area contributed by atoms with Crippen molar-refractivity contribution in [3.8, 4) is 0 Å². The summed E-state index contributed by atoms with van der Waals surface area (Å²) >= 11 is 5.10. The largest absolute Gasteiger partial charge is 0.249 e. The number of rotatable bonds is 4. The standard InChI is InChI=1S/C26H20OS4/c1-17-9-13-19(14-10-17)28-21-5-3-7-23-25(21)31(27)26-22(6-4-8-24(26)30-23)29-20-15-11-18(2)12-16-20/h3-16H,1-2H3. The zero-order valence-electron chi connectivity index (χ0n) is 17.1. The first-order valence-electron chi connectivity index (χ1n) is 9.93. The lowest BCUT2D eigenvalue weighted by atomic mass is 10.2. The van der Waals surface area contributed by atoms with E-state index in [4.69, 9.17) is 0 Å². The minimum absolute atomic E-state index is 0.933.